The second-order valence-electron chi connectivity index (χ2n) is 17.8. The zero-order chi connectivity index (χ0) is 47.5. The number of rotatable bonds is 14. The van der Waals surface area contributed by atoms with Crippen LogP contribution in [0.4, 0.5) is 0 Å². The van der Waals surface area contributed by atoms with Gasteiger partial charge in [-0.15, -0.1) is 0 Å². The first-order valence-corrected chi connectivity index (χ1v) is 22.9. The van der Waals surface area contributed by atoms with Crippen LogP contribution in [0, 0.1) is 37.5 Å². The second kappa shape index (κ2) is 22.6. The Labute approximate surface area is 393 Å². The number of carbonyl (C=O) groups is 5. The van der Waals surface area contributed by atoms with E-state index in [1.165, 1.54) is 4.90 Å². The first kappa shape index (κ1) is 48.2. The summed E-state index contributed by atoms with van der Waals surface area (Å²) in [5.74, 6) is -2.78. The fraction of sp³-hybridized carbons (Fsp3) is 0.304. The molecule has 0 aliphatic carbocycles. The number of hydrogen-bond acceptors (Lipinski definition) is 10. The molecule has 8 rings (SSSR count). The molecule has 67 heavy (non-hydrogen) atoms. The number of piperidine rings is 2. The minimum Gasteiger partial charge on any atom is -0.395 e. The number of β-amino-alcohol motifs (C(OH)–C–C–N with tert-alkyl or cyclic N) is 1. The fourth-order valence-corrected chi connectivity index (χ4v) is 9.64. The Morgan fingerprint density at radius 3 is 1.07 bits per heavy atom. The molecular weight excluding hydrogens is 839 g/mol. The Kier molecular flexibility index (Phi) is 16.2. The highest BCUT2D eigenvalue weighted by molar-refractivity contribution is 6.03. The van der Waals surface area contributed by atoms with Crippen LogP contribution in [0.3, 0.4) is 0 Å². The van der Waals surface area contributed by atoms with Crippen molar-refractivity contribution in [2.24, 2.45) is 23.7 Å². The third-order valence-corrected chi connectivity index (χ3v) is 12.9. The molecule has 6 aromatic rings. The number of likely N-dealkylation sites (tertiary alicyclic amines) is 2. The molecule has 11 heteroatoms. The van der Waals surface area contributed by atoms with Crippen molar-refractivity contribution in [2.45, 2.75) is 25.7 Å². The Hall–Kier alpha value is -6.79. The molecule has 344 valence electrons. The van der Waals surface area contributed by atoms with Crippen LogP contribution in [0.2, 0.25) is 0 Å². The minimum atomic E-state index is -0.520. The smallest absolute Gasteiger partial charge is 0.236 e. The molecule has 2 aliphatic rings. The van der Waals surface area contributed by atoms with Crippen molar-refractivity contribution < 1.29 is 29.1 Å². The monoisotopic (exact) mass is 897 g/mol. The van der Waals surface area contributed by atoms with Crippen molar-refractivity contribution in [3.63, 3.8) is 0 Å². The zero-order valence-corrected chi connectivity index (χ0v) is 38.6. The highest BCUT2D eigenvalue weighted by Crippen LogP contribution is 2.42. The van der Waals surface area contributed by atoms with Gasteiger partial charge in [0.05, 0.1) is 13.2 Å². The average molecular weight is 898 g/mol. The molecule has 0 saturated carbocycles. The number of benzene rings is 4. The predicted octanol–water partition coefficient (Wildman–Crippen LogP) is 7.66. The highest BCUT2D eigenvalue weighted by Gasteiger charge is 2.47. The molecule has 2 saturated heterocycles. The summed E-state index contributed by atoms with van der Waals surface area (Å²) in [7, 11) is 3.43. The molecule has 2 aliphatic heterocycles. The van der Waals surface area contributed by atoms with E-state index in [0.29, 0.717) is 55.0 Å². The predicted molar refractivity (Wildman–Crippen MR) is 259 cm³/mol. The molecule has 0 radical (unpaired) electrons. The van der Waals surface area contributed by atoms with Gasteiger partial charge >= 0.3 is 0 Å². The molecule has 4 atom stereocenters. The molecule has 1 N–H and O–H groups in total. The van der Waals surface area contributed by atoms with Crippen LogP contribution in [-0.4, -0.2) is 119 Å². The number of hydrogen-bond donors (Lipinski definition) is 1. The summed E-state index contributed by atoms with van der Waals surface area (Å²) in [6, 6.07) is 48.4. The van der Waals surface area contributed by atoms with Crippen molar-refractivity contribution in [2.75, 3.05) is 60.0 Å². The van der Waals surface area contributed by atoms with Crippen LogP contribution in [0.15, 0.2) is 158 Å². The molecule has 4 heterocycles. The molecule has 0 bridgehead atoms. The number of aliphatic hydroxyl groups is 1. The van der Waals surface area contributed by atoms with Gasteiger partial charge in [-0.25, -0.2) is 0 Å². The summed E-state index contributed by atoms with van der Waals surface area (Å²) < 4.78 is 0. The first-order valence-electron chi connectivity index (χ1n) is 22.9. The van der Waals surface area contributed by atoms with Gasteiger partial charge in [0, 0.05) is 127 Å². The van der Waals surface area contributed by atoms with Crippen LogP contribution in [0.1, 0.15) is 76.0 Å². The Morgan fingerprint density at radius 1 is 0.478 bits per heavy atom. The summed E-state index contributed by atoms with van der Waals surface area (Å²) in [4.78, 5) is 82.8. The Balaban J connectivity index is 0.000000200. The van der Waals surface area contributed by atoms with Gasteiger partial charge in [0.2, 0.25) is 5.91 Å². The first-order chi connectivity index (χ1) is 32.4. The third-order valence-electron chi connectivity index (χ3n) is 12.9. The van der Waals surface area contributed by atoms with Gasteiger partial charge in [0.25, 0.3) is 0 Å². The fourth-order valence-electron chi connectivity index (χ4n) is 9.64. The lowest BCUT2D eigenvalue weighted by Gasteiger charge is -2.42. The van der Waals surface area contributed by atoms with Gasteiger partial charge in [-0.2, -0.15) is 0 Å². The lowest BCUT2D eigenvalue weighted by molar-refractivity contribution is -0.130. The number of aromatic nitrogens is 2. The number of aryl methyl sites for hydroxylation is 2. The van der Waals surface area contributed by atoms with Crippen molar-refractivity contribution in [1.82, 2.24) is 24.7 Å². The maximum absolute atomic E-state index is 13.9. The number of carbonyl (C=O) groups excluding carboxylic acids is 5. The van der Waals surface area contributed by atoms with Crippen LogP contribution in [0.5, 0.6) is 0 Å². The number of Topliss-reactive ketones (excluding diaryl/α,β-unsaturated/α-hetero) is 4. The number of nitrogens with zero attached hydrogens (tertiary/aromatic N) is 5. The Bertz CT molecular complexity index is 2500. The average Bonchev–Trinajstić information content (AvgIpc) is 3.36. The lowest BCUT2D eigenvalue weighted by atomic mass is 9.70. The molecule has 0 unspecified atom stereocenters. The van der Waals surface area contributed by atoms with Crippen LogP contribution in [0.25, 0.3) is 0 Å². The molecule has 0 spiro atoms. The van der Waals surface area contributed by atoms with Gasteiger partial charge in [-0.1, -0.05) is 133 Å². The quantitative estimate of drug-likeness (QED) is 0.108. The van der Waals surface area contributed by atoms with Gasteiger partial charge in [-0.05, 0) is 38.1 Å². The van der Waals surface area contributed by atoms with Crippen LogP contribution < -0.4 is 0 Å². The van der Waals surface area contributed by atoms with Crippen LogP contribution in [-0.2, 0) is 4.79 Å². The SMILES string of the molecule is Cc1cccc(C2[C@@H](C(=O)c3ccccc3)CN(CC(=O)N(C)C)C[C@@H]2C(=O)c2ccccc2)n1.Cc1cccc(C2[C@@H](C(=O)c3ccccc3)CN(CCO)C[C@@H]2C(=O)c2ccccc2)n1. The van der Waals surface area contributed by atoms with E-state index in [1.54, 1.807) is 38.4 Å². The number of aliphatic hydroxyl groups excluding tert-OH is 1. The zero-order valence-electron chi connectivity index (χ0n) is 38.6. The second-order valence-corrected chi connectivity index (χ2v) is 17.8. The normalized spacial score (nSPS) is 19.1. The molecule has 4 aromatic carbocycles. The standard InChI is InChI=1S/C29H31N3O3.C27H28N2O3/c1-20-11-10-16-25(30-20)27-23(28(34)21-12-6-4-7-13-21)17-32(19-26(33)31(2)3)18-24(27)29(35)22-14-8-5-9-15-22;1-19-9-8-14-24(28-19)25-22(26(31)20-10-4-2-5-11-20)17-29(15-16-30)18-23(25)27(32)21-12-6-3-7-13-21/h4-16,23-24,27H,17-19H2,1-3H3;2-14,22-23,25,30H,15-18H2,1H3/t23-,24-;22-,23-/m00/s1. The summed E-state index contributed by atoms with van der Waals surface area (Å²) in [5, 5.41) is 9.60. The van der Waals surface area contributed by atoms with E-state index >= 15 is 0 Å². The number of pyridine rings is 2. The third kappa shape index (κ3) is 11.8. The highest BCUT2D eigenvalue weighted by atomic mass is 16.3. The van der Waals surface area contributed by atoms with Crippen molar-refractivity contribution in [3.8, 4) is 0 Å². The van der Waals surface area contributed by atoms with Crippen molar-refractivity contribution >= 4 is 29.0 Å². The maximum atomic E-state index is 13.9. The molecule has 2 aromatic heterocycles. The summed E-state index contributed by atoms with van der Waals surface area (Å²) >= 11 is 0. The number of amides is 1. The van der Waals surface area contributed by atoms with Crippen LogP contribution >= 0.6 is 0 Å². The van der Waals surface area contributed by atoms with E-state index < -0.39 is 29.6 Å². The summed E-state index contributed by atoms with van der Waals surface area (Å²) in [5.41, 5.74) is 5.67. The van der Waals surface area contributed by atoms with Gasteiger partial charge in [0.15, 0.2) is 23.1 Å². The van der Waals surface area contributed by atoms with E-state index in [-0.39, 0.29) is 48.1 Å². The number of likely N-dealkylation sites (N-methyl/N-ethyl adjacent to an activating group) is 1. The summed E-state index contributed by atoms with van der Waals surface area (Å²) in [6.07, 6.45) is 0. The molecule has 2 fully saturated rings. The molecule has 1 amide bonds. The topological polar surface area (TPSA) is 141 Å². The number of ketones is 4. The lowest BCUT2D eigenvalue weighted by Crippen LogP contribution is -2.52. The summed E-state index contributed by atoms with van der Waals surface area (Å²) in [6.45, 7) is 6.11. The van der Waals surface area contributed by atoms with Gasteiger partial charge < -0.3 is 10.0 Å². The maximum Gasteiger partial charge on any atom is 0.236 e. The van der Waals surface area contributed by atoms with E-state index in [1.807, 2.05) is 157 Å². The van der Waals surface area contributed by atoms with Crippen molar-refractivity contribution in [3.05, 3.63) is 203 Å². The van der Waals surface area contributed by atoms with E-state index in [9.17, 15) is 29.1 Å². The van der Waals surface area contributed by atoms with Gasteiger partial charge in [-0.3, -0.25) is 43.7 Å². The van der Waals surface area contributed by atoms with E-state index in [2.05, 4.69) is 0 Å². The minimum absolute atomic E-state index is 0.00686. The van der Waals surface area contributed by atoms with Crippen molar-refractivity contribution in [1.29, 1.82) is 0 Å². The Morgan fingerprint density at radius 2 is 0.791 bits per heavy atom. The van der Waals surface area contributed by atoms with E-state index in [0.717, 1.165) is 22.8 Å². The molecular formula is C56H59N5O6. The van der Waals surface area contributed by atoms with E-state index in [4.69, 9.17) is 9.97 Å². The molecule has 11 nitrogen and oxygen atoms in total. The van der Waals surface area contributed by atoms with Gasteiger partial charge in [0.1, 0.15) is 0 Å². The largest absolute Gasteiger partial charge is 0.395 e.